The number of imide groups is 1. The molecule has 1 heterocycles. The van der Waals surface area contributed by atoms with Crippen LogP contribution in [0.15, 0.2) is 12.2 Å². The minimum atomic E-state index is -0.535. The Morgan fingerprint density at radius 2 is 1.38 bits per heavy atom. The van der Waals surface area contributed by atoms with E-state index in [0.29, 0.717) is 38.8 Å². The summed E-state index contributed by atoms with van der Waals surface area (Å²) in [5.41, 5.74) is 4.79. The van der Waals surface area contributed by atoms with Gasteiger partial charge in [-0.15, -0.1) is 0 Å². The average Bonchev–Trinajstić information content (AvgIpc) is 3.12. The van der Waals surface area contributed by atoms with E-state index in [2.05, 4.69) is 16.2 Å². The molecule has 1 aliphatic heterocycles. The zero-order valence-electron chi connectivity index (χ0n) is 23.0. The lowest BCUT2D eigenvalue weighted by molar-refractivity contribution is -0.137. The third kappa shape index (κ3) is 11.2. The van der Waals surface area contributed by atoms with Crippen LogP contribution in [0.3, 0.4) is 0 Å². The Morgan fingerprint density at radius 1 is 0.838 bits per heavy atom. The van der Waals surface area contributed by atoms with Gasteiger partial charge in [-0.05, 0) is 51.6 Å². The normalized spacial score (nSPS) is 14.9. The molecular formula is C26H43N5O6. The topological polar surface area (TPSA) is 145 Å². The summed E-state index contributed by atoms with van der Waals surface area (Å²) in [6.45, 7) is 9.92. The van der Waals surface area contributed by atoms with Crippen LogP contribution in [0.4, 0.5) is 0 Å². The van der Waals surface area contributed by atoms with E-state index >= 15 is 0 Å². The smallest absolute Gasteiger partial charge is 0.253 e. The molecule has 5 amide bonds. The molecule has 0 saturated heterocycles. The molecule has 37 heavy (non-hydrogen) atoms. The van der Waals surface area contributed by atoms with Crippen molar-refractivity contribution in [2.75, 3.05) is 20.1 Å². The molecule has 3 N–H and O–H groups in total. The van der Waals surface area contributed by atoms with Gasteiger partial charge in [0.25, 0.3) is 11.8 Å². The first-order chi connectivity index (χ1) is 17.3. The minimum Gasteiger partial charge on any atom is -0.345 e. The summed E-state index contributed by atoms with van der Waals surface area (Å²) < 4.78 is 0. The predicted octanol–water partition coefficient (Wildman–Crippen LogP) is 1.09. The number of likely N-dealkylation sites (N-methyl/N-ethyl adjacent to an activating group) is 1. The maximum absolute atomic E-state index is 12.9. The van der Waals surface area contributed by atoms with Gasteiger partial charge in [0.15, 0.2) is 5.78 Å². The summed E-state index contributed by atoms with van der Waals surface area (Å²) >= 11 is 0. The van der Waals surface area contributed by atoms with E-state index in [-0.39, 0.29) is 60.0 Å². The Labute approximate surface area is 219 Å². The Morgan fingerprint density at radius 3 is 1.86 bits per heavy atom. The van der Waals surface area contributed by atoms with Crippen LogP contribution in [0, 0.1) is 11.8 Å². The van der Waals surface area contributed by atoms with Crippen LogP contribution in [-0.2, 0) is 28.8 Å². The molecule has 0 radical (unpaired) electrons. The molecule has 1 rings (SSSR count). The first-order valence-corrected chi connectivity index (χ1v) is 13.0. The van der Waals surface area contributed by atoms with Crippen molar-refractivity contribution in [3.8, 4) is 0 Å². The second kappa shape index (κ2) is 15.9. The third-order valence-electron chi connectivity index (χ3n) is 6.22. The molecule has 2 atom stereocenters. The number of hydrazine groups is 1. The van der Waals surface area contributed by atoms with Crippen LogP contribution in [0.5, 0.6) is 0 Å². The molecule has 11 nitrogen and oxygen atoms in total. The Bertz CT molecular complexity index is 852. The zero-order valence-corrected chi connectivity index (χ0v) is 23.0. The van der Waals surface area contributed by atoms with Crippen molar-refractivity contribution in [1.29, 1.82) is 0 Å². The molecular weight excluding hydrogens is 478 g/mol. The average molecular weight is 522 g/mol. The van der Waals surface area contributed by atoms with Gasteiger partial charge in [0.2, 0.25) is 17.7 Å². The lowest BCUT2D eigenvalue weighted by Crippen LogP contribution is -2.54. The van der Waals surface area contributed by atoms with Crippen LogP contribution in [-0.4, -0.2) is 77.3 Å². The first kappa shape index (κ1) is 31.9. The van der Waals surface area contributed by atoms with Crippen molar-refractivity contribution >= 4 is 35.3 Å². The molecule has 0 saturated carbocycles. The molecule has 0 aromatic rings. The lowest BCUT2D eigenvalue weighted by atomic mass is 9.97. The van der Waals surface area contributed by atoms with Gasteiger partial charge < -0.3 is 5.32 Å². The van der Waals surface area contributed by atoms with Gasteiger partial charge in [-0.3, -0.25) is 49.4 Å². The fraction of sp³-hybridized carbons (Fsp3) is 0.692. The van der Waals surface area contributed by atoms with Gasteiger partial charge in [-0.25, -0.2) is 0 Å². The number of Topliss-reactive ketones (excluding diaryl/α,β-unsaturated/α-hetero) is 1. The molecule has 0 aromatic carbocycles. The molecule has 0 fully saturated rings. The third-order valence-corrected chi connectivity index (χ3v) is 6.22. The summed E-state index contributed by atoms with van der Waals surface area (Å²) in [5.74, 6) is -1.57. The van der Waals surface area contributed by atoms with E-state index in [1.165, 1.54) is 24.0 Å². The van der Waals surface area contributed by atoms with Crippen molar-refractivity contribution in [3.63, 3.8) is 0 Å². The summed E-state index contributed by atoms with van der Waals surface area (Å²) in [6, 6.07) is -0.978. The largest absolute Gasteiger partial charge is 0.345 e. The van der Waals surface area contributed by atoms with E-state index in [1.807, 2.05) is 39.6 Å². The molecule has 0 aliphatic carbocycles. The Hall–Kier alpha value is -3.08. The molecule has 0 spiro atoms. The van der Waals surface area contributed by atoms with Gasteiger partial charge in [0.1, 0.15) is 0 Å². The van der Waals surface area contributed by atoms with Crippen LogP contribution < -0.4 is 16.2 Å². The van der Waals surface area contributed by atoms with Crippen LogP contribution in [0.1, 0.15) is 73.1 Å². The number of carbonyl (C=O) groups excluding carboxylic acids is 6. The van der Waals surface area contributed by atoms with Crippen molar-refractivity contribution in [1.82, 2.24) is 26.0 Å². The molecule has 208 valence electrons. The number of nitrogens with zero attached hydrogens (tertiary/aromatic N) is 2. The summed E-state index contributed by atoms with van der Waals surface area (Å²) in [4.78, 5) is 74.8. The second-order valence-corrected chi connectivity index (χ2v) is 10.2. The maximum Gasteiger partial charge on any atom is 0.253 e. The zero-order chi connectivity index (χ0) is 28.1. The lowest BCUT2D eigenvalue weighted by Gasteiger charge is -2.32. The van der Waals surface area contributed by atoms with E-state index in [0.717, 1.165) is 0 Å². The number of hydrogen-bond donors (Lipinski definition) is 3. The van der Waals surface area contributed by atoms with Gasteiger partial charge in [0, 0.05) is 31.5 Å². The summed E-state index contributed by atoms with van der Waals surface area (Å²) in [5, 5.41) is 2.86. The number of ketones is 1. The van der Waals surface area contributed by atoms with Gasteiger partial charge in [0.05, 0.1) is 12.1 Å². The standard InChI is InChI=1S/C26H43N5O6/c1-17(2)24(19(5)32)27-26(37)25(18(3)4)30(6)15-10-12-21(34)29-28-20(33)11-8-7-9-16-31-22(35)13-14-23(31)36/h13-14,17-18,24-25H,7-12,15-16H2,1-6H3,(H,27,37)(H,28,33)(H,29,34)/t24-,25-/m0/s1. The quantitative estimate of drug-likeness (QED) is 0.157. The minimum absolute atomic E-state index is 0.00544. The van der Waals surface area contributed by atoms with Gasteiger partial charge in [-0.2, -0.15) is 0 Å². The highest BCUT2D eigenvalue weighted by molar-refractivity contribution is 6.12. The van der Waals surface area contributed by atoms with E-state index < -0.39 is 12.1 Å². The number of hydrogen-bond acceptors (Lipinski definition) is 7. The molecule has 1 aliphatic rings. The summed E-state index contributed by atoms with van der Waals surface area (Å²) in [6.07, 6.45) is 5.20. The van der Waals surface area contributed by atoms with Crippen LogP contribution in [0.2, 0.25) is 0 Å². The summed E-state index contributed by atoms with van der Waals surface area (Å²) in [7, 11) is 1.81. The predicted molar refractivity (Wildman–Crippen MR) is 139 cm³/mol. The number of amides is 5. The highest BCUT2D eigenvalue weighted by atomic mass is 16.2. The monoisotopic (exact) mass is 521 g/mol. The van der Waals surface area contributed by atoms with Crippen molar-refractivity contribution < 1.29 is 28.8 Å². The fourth-order valence-corrected chi connectivity index (χ4v) is 4.26. The second-order valence-electron chi connectivity index (χ2n) is 10.2. The van der Waals surface area contributed by atoms with Crippen molar-refractivity contribution in [3.05, 3.63) is 12.2 Å². The Balaban J connectivity index is 2.29. The molecule has 0 bridgehead atoms. The van der Waals surface area contributed by atoms with Crippen LogP contribution >= 0.6 is 0 Å². The molecule has 11 heteroatoms. The van der Waals surface area contributed by atoms with E-state index in [1.54, 1.807) is 0 Å². The first-order valence-electron chi connectivity index (χ1n) is 13.0. The van der Waals surface area contributed by atoms with Crippen LogP contribution in [0.25, 0.3) is 0 Å². The highest BCUT2D eigenvalue weighted by Gasteiger charge is 2.30. The van der Waals surface area contributed by atoms with Crippen molar-refractivity contribution in [2.45, 2.75) is 85.2 Å². The van der Waals surface area contributed by atoms with E-state index in [4.69, 9.17) is 0 Å². The number of nitrogens with one attached hydrogen (secondary N) is 3. The fourth-order valence-electron chi connectivity index (χ4n) is 4.26. The maximum atomic E-state index is 12.9. The number of rotatable bonds is 16. The number of unbranched alkanes of at least 4 members (excludes halogenated alkanes) is 2. The van der Waals surface area contributed by atoms with Gasteiger partial charge in [-0.1, -0.05) is 34.1 Å². The number of carbonyl (C=O) groups is 6. The highest BCUT2D eigenvalue weighted by Crippen LogP contribution is 2.13. The van der Waals surface area contributed by atoms with E-state index in [9.17, 15) is 28.8 Å². The molecule has 0 unspecified atom stereocenters. The Kier molecular flexibility index (Phi) is 13.7. The molecule has 0 aromatic heterocycles. The van der Waals surface area contributed by atoms with Gasteiger partial charge >= 0.3 is 0 Å². The SMILES string of the molecule is CC(=O)[C@@H](NC(=O)[C@H](C(C)C)N(C)CCCC(=O)NNC(=O)CCCCCN1C(=O)C=CC1=O)C(C)C. The van der Waals surface area contributed by atoms with Crippen molar-refractivity contribution in [2.24, 2.45) is 11.8 Å².